The van der Waals surface area contributed by atoms with Gasteiger partial charge in [-0.05, 0) is 26.3 Å². The van der Waals surface area contributed by atoms with Crippen LogP contribution in [0.3, 0.4) is 0 Å². The van der Waals surface area contributed by atoms with E-state index in [1.54, 1.807) is 4.68 Å². The fraction of sp³-hybridized carbons (Fsp3) is 0.700. The van der Waals surface area contributed by atoms with Crippen LogP contribution in [0.2, 0.25) is 0 Å². The minimum Gasteiger partial charge on any atom is -0.316 e. The van der Waals surface area contributed by atoms with Crippen LogP contribution in [0.4, 0.5) is 0 Å². The zero-order valence-corrected chi connectivity index (χ0v) is 8.94. The van der Waals surface area contributed by atoms with Crippen molar-refractivity contribution in [3.05, 3.63) is 12.2 Å². The molecule has 0 radical (unpaired) electrons. The molecular formula is C10H16N4O. The van der Waals surface area contributed by atoms with Gasteiger partial charge in [0.25, 0.3) is 0 Å². The largest absolute Gasteiger partial charge is 0.316 e. The lowest BCUT2D eigenvalue weighted by molar-refractivity contribution is 0.0883. The van der Waals surface area contributed by atoms with E-state index >= 15 is 0 Å². The number of hydrogen-bond acceptors (Lipinski definition) is 4. The maximum Gasteiger partial charge on any atom is 0.204 e. The summed E-state index contributed by atoms with van der Waals surface area (Å²) < 4.78 is 1.66. The van der Waals surface area contributed by atoms with E-state index in [-0.39, 0.29) is 11.7 Å². The van der Waals surface area contributed by atoms with Gasteiger partial charge in [0.05, 0.1) is 0 Å². The van der Waals surface area contributed by atoms with Gasteiger partial charge in [-0.25, -0.2) is 9.67 Å². The number of hydrogen-bond donors (Lipinski definition) is 1. The summed E-state index contributed by atoms with van der Waals surface area (Å²) in [6.07, 6.45) is 3.48. The first kappa shape index (κ1) is 10.3. The van der Waals surface area contributed by atoms with Gasteiger partial charge in [-0.15, -0.1) is 0 Å². The van der Waals surface area contributed by atoms with E-state index in [1.807, 2.05) is 6.92 Å². The van der Waals surface area contributed by atoms with Gasteiger partial charge in [-0.1, -0.05) is 0 Å². The fourth-order valence-corrected chi connectivity index (χ4v) is 1.94. The second-order valence-corrected chi connectivity index (χ2v) is 3.81. The first-order valence-electron chi connectivity index (χ1n) is 5.45. The number of ketones is 1. The zero-order chi connectivity index (χ0) is 10.7. The number of carbonyl (C=O) groups is 1. The molecule has 1 unspecified atom stereocenters. The number of nitrogens with zero attached hydrogens (tertiary/aromatic N) is 3. The highest BCUT2D eigenvalue weighted by molar-refractivity contribution is 5.94. The Hall–Kier alpha value is -1.23. The Labute approximate surface area is 88.9 Å². The number of Topliss-reactive ketones (excluding diaryl/α,β-unsaturated/α-hetero) is 1. The van der Waals surface area contributed by atoms with E-state index < -0.39 is 0 Å². The summed E-state index contributed by atoms with van der Waals surface area (Å²) in [5.74, 6) is 0.709. The second-order valence-electron chi connectivity index (χ2n) is 3.81. The maximum absolute atomic E-state index is 12.1. The van der Waals surface area contributed by atoms with E-state index in [2.05, 4.69) is 15.4 Å². The highest BCUT2D eigenvalue weighted by Gasteiger charge is 2.25. The van der Waals surface area contributed by atoms with E-state index in [1.165, 1.54) is 6.33 Å². The van der Waals surface area contributed by atoms with E-state index in [9.17, 15) is 4.79 Å². The van der Waals surface area contributed by atoms with Crippen molar-refractivity contribution in [1.82, 2.24) is 20.1 Å². The van der Waals surface area contributed by atoms with Crippen molar-refractivity contribution < 1.29 is 4.79 Å². The Balaban J connectivity index is 2.12. The third-order valence-electron chi connectivity index (χ3n) is 2.80. The summed E-state index contributed by atoms with van der Waals surface area (Å²) in [6.45, 7) is 4.45. The number of aryl methyl sites for hydroxylation is 1. The van der Waals surface area contributed by atoms with Crippen molar-refractivity contribution >= 4 is 5.78 Å². The van der Waals surface area contributed by atoms with Gasteiger partial charge in [-0.3, -0.25) is 4.79 Å². The molecule has 82 valence electrons. The Kier molecular flexibility index (Phi) is 3.11. The van der Waals surface area contributed by atoms with Crippen molar-refractivity contribution in [2.24, 2.45) is 5.92 Å². The van der Waals surface area contributed by atoms with Crippen LogP contribution in [-0.4, -0.2) is 33.6 Å². The van der Waals surface area contributed by atoms with E-state index in [0.717, 1.165) is 25.9 Å². The van der Waals surface area contributed by atoms with Crippen LogP contribution in [0.25, 0.3) is 0 Å². The fourth-order valence-electron chi connectivity index (χ4n) is 1.94. The van der Waals surface area contributed by atoms with Crippen LogP contribution in [0.15, 0.2) is 6.33 Å². The molecule has 5 nitrogen and oxygen atoms in total. The molecule has 1 fully saturated rings. The first-order chi connectivity index (χ1) is 7.33. The number of piperidine rings is 1. The summed E-state index contributed by atoms with van der Waals surface area (Å²) in [4.78, 5) is 16.1. The molecule has 5 heteroatoms. The van der Waals surface area contributed by atoms with Crippen LogP contribution in [0.1, 0.15) is 30.4 Å². The highest BCUT2D eigenvalue weighted by Crippen LogP contribution is 2.14. The van der Waals surface area contributed by atoms with Crippen LogP contribution in [-0.2, 0) is 6.54 Å². The minimum atomic E-state index is 0.0771. The lowest BCUT2D eigenvalue weighted by Crippen LogP contribution is -2.35. The second kappa shape index (κ2) is 4.53. The molecule has 0 bridgehead atoms. The van der Waals surface area contributed by atoms with Crippen molar-refractivity contribution in [1.29, 1.82) is 0 Å². The Bertz CT molecular complexity index is 341. The van der Waals surface area contributed by atoms with Crippen molar-refractivity contribution in [3.63, 3.8) is 0 Å². The van der Waals surface area contributed by atoms with Crippen LogP contribution >= 0.6 is 0 Å². The molecule has 2 rings (SSSR count). The standard InChI is InChI=1S/C10H16N4O/c1-2-14-10(12-7-13-14)9(15)8-4-3-5-11-6-8/h7-8,11H,2-6H2,1H3. The summed E-state index contributed by atoms with van der Waals surface area (Å²) in [7, 11) is 0. The Morgan fingerprint density at radius 3 is 3.27 bits per heavy atom. The first-order valence-corrected chi connectivity index (χ1v) is 5.45. The maximum atomic E-state index is 12.1. The summed E-state index contributed by atoms with van der Waals surface area (Å²) >= 11 is 0. The molecule has 1 atom stereocenters. The monoisotopic (exact) mass is 208 g/mol. The lowest BCUT2D eigenvalue weighted by Gasteiger charge is -2.20. The number of rotatable bonds is 3. The molecule has 0 spiro atoms. The number of aromatic nitrogens is 3. The van der Waals surface area contributed by atoms with Gasteiger partial charge in [0.15, 0.2) is 5.82 Å². The quantitative estimate of drug-likeness (QED) is 0.734. The Morgan fingerprint density at radius 2 is 2.60 bits per heavy atom. The van der Waals surface area contributed by atoms with Gasteiger partial charge < -0.3 is 5.32 Å². The Morgan fingerprint density at radius 1 is 1.73 bits per heavy atom. The van der Waals surface area contributed by atoms with Gasteiger partial charge in [0.1, 0.15) is 6.33 Å². The van der Waals surface area contributed by atoms with Crippen LogP contribution in [0, 0.1) is 5.92 Å². The molecule has 1 aliphatic heterocycles. The van der Waals surface area contributed by atoms with Gasteiger partial charge >= 0.3 is 0 Å². The predicted octanol–water partition coefficient (Wildman–Crippen LogP) is 0.480. The average molecular weight is 208 g/mol. The molecule has 2 heterocycles. The van der Waals surface area contributed by atoms with Crippen LogP contribution in [0.5, 0.6) is 0 Å². The van der Waals surface area contributed by atoms with Crippen LogP contribution < -0.4 is 5.32 Å². The normalized spacial score (nSPS) is 21.5. The topological polar surface area (TPSA) is 59.8 Å². The molecule has 15 heavy (non-hydrogen) atoms. The summed E-state index contributed by atoms with van der Waals surface area (Å²) in [6, 6.07) is 0. The third-order valence-corrected chi connectivity index (χ3v) is 2.80. The molecule has 1 aromatic heterocycles. The van der Waals surface area contributed by atoms with E-state index in [4.69, 9.17) is 0 Å². The molecule has 1 aliphatic rings. The third kappa shape index (κ3) is 2.07. The molecule has 0 aliphatic carbocycles. The SMILES string of the molecule is CCn1ncnc1C(=O)C1CCCNC1. The van der Waals surface area contributed by atoms with Crippen molar-refractivity contribution in [2.75, 3.05) is 13.1 Å². The molecular weight excluding hydrogens is 192 g/mol. The lowest BCUT2D eigenvalue weighted by atomic mass is 9.95. The highest BCUT2D eigenvalue weighted by atomic mass is 16.1. The zero-order valence-electron chi connectivity index (χ0n) is 8.94. The summed E-state index contributed by atoms with van der Waals surface area (Å²) in [5.41, 5.74) is 0. The van der Waals surface area contributed by atoms with Gasteiger partial charge in [0, 0.05) is 19.0 Å². The predicted molar refractivity (Wildman–Crippen MR) is 55.6 cm³/mol. The van der Waals surface area contributed by atoms with Crippen molar-refractivity contribution in [3.8, 4) is 0 Å². The van der Waals surface area contributed by atoms with Gasteiger partial charge in [-0.2, -0.15) is 5.10 Å². The molecule has 0 saturated carbocycles. The summed E-state index contributed by atoms with van der Waals surface area (Å²) in [5, 5.41) is 7.25. The smallest absolute Gasteiger partial charge is 0.204 e. The van der Waals surface area contributed by atoms with Gasteiger partial charge in [0.2, 0.25) is 5.78 Å². The molecule has 0 aromatic carbocycles. The molecule has 0 amide bonds. The van der Waals surface area contributed by atoms with E-state index in [0.29, 0.717) is 12.4 Å². The molecule has 1 N–H and O–H groups in total. The average Bonchev–Trinajstić information content (AvgIpc) is 2.77. The van der Waals surface area contributed by atoms with Crippen molar-refractivity contribution in [2.45, 2.75) is 26.3 Å². The number of carbonyl (C=O) groups excluding carboxylic acids is 1. The molecule has 1 saturated heterocycles. The molecule has 1 aromatic rings. The number of nitrogens with one attached hydrogen (secondary N) is 1. The minimum absolute atomic E-state index is 0.0771.